The van der Waals surface area contributed by atoms with Gasteiger partial charge in [0.25, 0.3) is 0 Å². The fourth-order valence-corrected chi connectivity index (χ4v) is 2.73. The van der Waals surface area contributed by atoms with Gasteiger partial charge in [-0.2, -0.15) is 0 Å². The molecule has 0 unspecified atom stereocenters. The van der Waals surface area contributed by atoms with Gasteiger partial charge >= 0.3 is 0 Å². The highest BCUT2D eigenvalue weighted by Gasteiger charge is 2.20. The summed E-state index contributed by atoms with van der Waals surface area (Å²) < 4.78 is 0. The third kappa shape index (κ3) is 5.52. The summed E-state index contributed by atoms with van der Waals surface area (Å²) in [7, 11) is 2.06. The van der Waals surface area contributed by atoms with Crippen molar-refractivity contribution in [2.24, 2.45) is 0 Å². The normalized spacial score (nSPS) is 15.5. The molecule has 0 aromatic heterocycles. The largest absolute Gasteiger partial charge is 0.340 e. The van der Waals surface area contributed by atoms with Gasteiger partial charge in [-0.3, -0.25) is 9.59 Å². The lowest BCUT2D eigenvalue weighted by Gasteiger charge is -2.33. The number of nitrogens with zero attached hydrogens (tertiary/aromatic N) is 3. The van der Waals surface area contributed by atoms with E-state index in [1.54, 1.807) is 4.90 Å². The van der Waals surface area contributed by atoms with Crippen molar-refractivity contribution in [2.45, 2.75) is 19.9 Å². The molecule has 0 radical (unpaired) electrons. The van der Waals surface area contributed by atoms with Crippen LogP contribution < -0.4 is 0 Å². The fourth-order valence-electron chi connectivity index (χ4n) is 2.60. The van der Waals surface area contributed by atoms with Crippen LogP contribution in [-0.2, 0) is 16.1 Å². The molecule has 23 heavy (non-hydrogen) atoms. The quantitative estimate of drug-likeness (QED) is 0.823. The molecule has 1 saturated heterocycles. The number of amides is 2. The predicted molar refractivity (Wildman–Crippen MR) is 91.2 cm³/mol. The molecule has 0 bridgehead atoms. The van der Waals surface area contributed by atoms with Crippen molar-refractivity contribution in [3.63, 3.8) is 0 Å². The van der Waals surface area contributed by atoms with Gasteiger partial charge in [0.1, 0.15) is 0 Å². The molecule has 5 nitrogen and oxygen atoms in total. The highest BCUT2D eigenvalue weighted by Crippen LogP contribution is 2.12. The van der Waals surface area contributed by atoms with Crippen LogP contribution in [0.3, 0.4) is 0 Å². The average molecular weight is 338 g/mol. The Kier molecular flexibility index (Phi) is 6.42. The van der Waals surface area contributed by atoms with Crippen LogP contribution in [0.5, 0.6) is 0 Å². The van der Waals surface area contributed by atoms with E-state index < -0.39 is 0 Å². The number of likely N-dealkylation sites (N-methyl/N-ethyl adjacent to an activating group) is 1. The molecular formula is C17H24ClN3O2. The van der Waals surface area contributed by atoms with Crippen LogP contribution in [-0.4, -0.2) is 66.3 Å². The number of hydrogen-bond donors (Lipinski definition) is 0. The molecule has 0 atom stereocenters. The van der Waals surface area contributed by atoms with Crippen LogP contribution >= 0.6 is 11.6 Å². The number of carbonyl (C=O) groups excluding carboxylic acids is 2. The summed E-state index contributed by atoms with van der Waals surface area (Å²) in [4.78, 5) is 29.9. The Morgan fingerprint density at radius 1 is 1.13 bits per heavy atom. The van der Waals surface area contributed by atoms with Gasteiger partial charge in [-0.15, -0.1) is 0 Å². The maximum atomic E-state index is 12.3. The third-order valence-electron chi connectivity index (χ3n) is 4.18. The molecule has 1 aliphatic rings. The predicted octanol–water partition coefficient (Wildman–Crippen LogP) is 1.85. The first-order valence-corrected chi connectivity index (χ1v) is 8.30. The molecule has 1 heterocycles. The van der Waals surface area contributed by atoms with Gasteiger partial charge in [0.05, 0.1) is 0 Å². The molecule has 2 rings (SSSR count). The van der Waals surface area contributed by atoms with Crippen LogP contribution in [0.25, 0.3) is 0 Å². The van der Waals surface area contributed by atoms with E-state index in [9.17, 15) is 9.59 Å². The number of rotatable bonds is 5. The van der Waals surface area contributed by atoms with Crippen molar-refractivity contribution >= 4 is 23.4 Å². The van der Waals surface area contributed by atoms with Crippen LogP contribution in [0.4, 0.5) is 0 Å². The first-order valence-electron chi connectivity index (χ1n) is 7.92. The van der Waals surface area contributed by atoms with Gasteiger partial charge in [-0.1, -0.05) is 23.7 Å². The van der Waals surface area contributed by atoms with Crippen molar-refractivity contribution in [2.75, 3.05) is 39.8 Å². The molecule has 126 valence electrons. The summed E-state index contributed by atoms with van der Waals surface area (Å²) in [6, 6.07) is 7.43. The Morgan fingerprint density at radius 2 is 1.74 bits per heavy atom. The second-order valence-corrected chi connectivity index (χ2v) is 6.44. The Labute approximate surface area is 142 Å². The van der Waals surface area contributed by atoms with Gasteiger partial charge < -0.3 is 14.7 Å². The SMILES string of the molecule is CC(=O)N(CCC(=O)N1CCN(C)CC1)Cc1ccc(Cl)cc1. The smallest absolute Gasteiger partial charge is 0.224 e. The Balaban J connectivity index is 1.85. The van der Waals surface area contributed by atoms with Crippen molar-refractivity contribution in [1.29, 1.82) is 0 Å². The zero-order chi connectivity index (χ0) is 16.8. The minimum Gasteiger partial charge on any atom is -0.340 e. The summed E-state index contributed by atoms with van der Waals surface area (Å²) >= 11 is 5.88. The summed E-state index contributed by atoms with van der Waals surface area (Å²) in [5, 5.41) is 0.674. The van der Waals surface area contributed by atoms with E-state index in [1.807, 2.05) is 29.2 Å². The molecule has 1 aliphatic heterocycles. The number of hydrogen-bond acceptors (Lipinski definition) is 3. The number of benzene rings is 1. The number of halogens is 1. The Morgan fingerprint density at radius 3 is 2.30 bits per heavy atom. The van der Waals surface area contributed by atoms with Gasteiger partial charge in [0, 0.05) is 57.6 Å². The number of piperazine rings is 1. The Bertz CT molecular complexity index is 539. The monoisotopic (exact) mass is 337 g/mol. The highest BCUT2D eigenvalue weighted by atomic mass is 35.5. The molecular weight excluding hydrogens is 314 g/mol. The van der Waals surface area contributed by atoms with Gasteiger partial charge in [-0.25, -0.2) is 0 Å². The molecule has 2 amide bonds. The molecule has 0 saturated carbocycles. The van der Waals surface area contributed by atoms with Crippen molar-refractivity contribution in [1.82, 2.24) is 14.7 Å². The van der Waals surface area contributed by atoms with Crippen molar-refractivity contribution in [3.05, 3.63) is 34.9 Å². The van der Waals surface area contributed by atoms with Crippen LogP contribution in [0.15, 0.2) is 24.3 Å². The molecule has 1 aromatic rings. The van der Waals surface area contributed by atoms with Gasteiger partial charge in [-0.05, 0) is 24.7 Å². The minimum atomic E-state index is -0.0221. The third-order valence-corrected chi connectivity index (χ3v) is 4.44. The zero-order valence-corrected chi connectivity index (χ0v) is 14.6. The maximum absolute atomic E-state index is 12.3. The van der Waals surface area contributed by atoms with Crippen LogP contribution in [0.1, 0.15) is 18.9 Å². The second kappa shape index (κ2) is 8.31. The summed E-state index contributed by atoms with van der Waals surface area (Å²) in [5.74, 6) is 0.103. The lowest BCUT2D eigenvalue weighted by Crippen LogP contribution is -2.47. The van der Waals surface area contributed by atoms with E-state index in [4.69, 9.17) is 11.6 Å². The molecule has 0 spiro atoms. The molecule has 6 heteroatoms. The topological polar surface area (TPSA) is 43.9 Å². The van der Waals surface area contributed by atoms with E-state index in [2.05, 4.69) is 11.9 Å². The average Bonchev–Trinajstić information content (AvgIpc) is 2.53. The molecule has 1 fully saturated rings. The zero-order valence-electron chi connectivity index (χ0n) is 13.8. The van der Waals surface area contributed by atoms with Gasteiger partial charge in [0.15, 0.2) is 0 Å². The summed E-state index contributed by atoms with van der Waals surface area (Å²) in [6.07, 6.45) is 0.372. The van der Waals surface area contributed by atoms with E-state index in [0.29, 0.717) is 24.5 Å². The Hall–Kier alpha value is -1.59. The molecule has 1 aromatic carbocycles. The standard InChI is InChI=1S/C17H24ClN3O2/c1-14(22)21(13-15-3-5-16(18)6-4-15)8-7-17(23)20-11-9-19(2)10-12-20/h3-6H,7-13H2,1-2H3. The van der Waals surface area contributed by atoms with E-state index >= 15 is 0 Å². The van der Waals surface area contributed by atoms with E-state index in [0.717, 1.165) is 31.7 Å². The summed E-state index contributed by atoms with van der Waals surface area (Å²) in [6.45, 7) is 5.85. The first-order chi connectivity index (χ1) is 11.0. The lowest BCUT2D eigenvalue weighted by atomic mass is 10.2. The minimum absolute atomic E-state index is 0.0221. The fraction of sp³-hybridized carbons (Fsp3) is 0.529. The van der Waals surface area contributed by atoms with Crippen LogP contribution in [0, 0.1) is 0 Å². The summed E-state index contributed by atoms with van der Waals surface area (Å²) in [5.41, 5.74) is 1.01. The second-order valence-electron chi connectivity index (χ2n) is 6.00. The lowest BCUT2D eigenvalue weighted by molar-refractivity contribution is -0.134. The number of carbonyl (C=O) groups is 2. The maximum Gasteiger partial charge on any atom is 0.224 e. The van der Waals surface area contributed by atoms with Gasteiger partial charge in [0.2, 0.25) is 11.8 Å². The molecule has 0 aliphatic carbocycles. The van der Waals surface area contributed by atoms with E-state index in [-0.39, 0.29) is 11.8 Å². The molecule has 0 N–H and O–H groups in total. The first kappa shape index (κ1) is 17.8. The van der Waals surface area contributed by atoms with Crippen molar-refractivity contribution in [3.8, 4) is 0 Å². The van der Waals surface area contributed by atoms with Crippen LogP contribution in [0.2, 0.25) is 5.02 Å². The van der Waals surface area contributed by atoms with Crippen molar-refractivity contribution < 1.29 is 9.59 Å². The van der Waals surface area contributed by atoms with E-state index in [1.165, 1.54) is 6.92 Å². The highest BCUT2D eigenvalue weighted by molar-refractivity contribution is 6.30.